The van der Waals surface area contributed by atoms with Gasteiger partial charge < -0.3 is 5.32 Å². The fourth-order valence-corrected chi connectivity index (χ4v) is 4.14. The number of sulfonamides is 1. The van der Waals surface area contributed by atoms with E-state index in [-0.39, 0.29) is 0 Å². The van der Waals surface area contributed by atoms with Crippen molar-refractivity contribution in [3.63, 3.8) is 0 Å². The van der Waals surface area contributed by atoms with Gasteiger partial charge in [0.15, 0.2) is 0 Å². The van der Waals surface area contributed by atoms with Crippen LogP contribution in [0.25, 0.3) is 0 Å². The lowest BCUT2D eigenvalue weighted by Crippen LogP contribution is -2.14. The SMILES string of the molecule is CCCCNc1ccc(NS(=O)(=O)c2ccc3c(c2)CCCC3)cn1. The monoisotopic (exact) mass is 359 g/mol. The number of fused-ring (bicyclic) bond motifs is 1. The first-order valence-electron chi connectivity index (χ1n) is 8.93. The van der Waals surface area contributed by atoms with E-state index in [2.05, 4.69) is 21.9 Å². The Morgan fingerprint density at radius 3 is 2.60 bits per heavy atom. The molecule has 0 bridgehead atoms. The molecule has 1 aromatic heterocycles. The summed E-state index contributed by atoms with van der Waals surface area (Å²) in [6.45, 7) is 3.00. The quantitative estimate of drug-likeness (QED) is 0.734. The minimum atomic E-state index is -3.59. The van der Waals surface area contributed by atoms with Gasteiger partial charge in [0.25, 0.3) is 10.0 Å². The van der Waals surface area contributed by atoms with Crippen LogP contribution in [0.3, 0.4) is 0 Å². The highest BCUT2D eigenvalue weighted by Crippen LogP contribution is 2.25. The van der Waals surface area contributed by atoms with Crippen LogP contribution in [0.5, 0.6) is 0 Å². The number of hydrogen-bond donors (Lipinski definition) is 2. The van der Waals surface area contributed by atoms with Crippen LogP contribution in [0.4, 0.5) is 11.5 Å². The number of nitrogens with zero attached hydrogens (tertiary/aromatic N) is 1. The molecule has 0 atom stereocenters. The zero-order valence-corrected chi connectivity index (χ0v) is 15.4. The van der Waals surface area contributed by atoms with Crippen molar-refractivity contribution in [1.29, 1.82) is 0 Å². The van der Waals surface area contributed by atoms with Gasteiger partial charge in [0, 0.05) is 6.54 Å². The topological polar surface area (TPSA) is 71.1 Å². The maximum absolute atomic E-state index is 12.6. The molecule has 1 aliphatic carbocycles. The predicted octanol–water partition coefficient (Wildman–Crippen LogP) is 3.97. The van der Waals surface area contributed by atoms with Crippen LogP contribution in [0.1, 0.15) is 43.7 Å². The van der Waals surface area contributed by atoms with Gasteiger partial charge in [-0.1, -0.05) is 19.4 Å². The maximum Gasteiger partial charge on any atom is 0.261 e. The average molecular weight is 359 g/mol. The molecule has 25 heavy (non-hydrogen) atoms. The van der Waals surface area contributed by atoms with Gasteiger partial charge in [-0.2, -0.15) is 0 Å². The summed E-state index contributed by atoms with van der Waals surface area (Å²) < 4.78 is 27.9. The van der Waals surface area contributed by atoms with E-state index in [4.69, 9.17) is 0 Å². The van der Waals surface area contributed by atoms with Gasteiger partial charge >= 0.3 is 0 Å². The van der Waals surface area contributed by atoms with Gasteiger partial charge in [0.05, 0.1) is 16.8 Å². The summed E-state index contributed by atoms with van der Waals surface area (Å²) in [4.78, 5) is 4.58. The highest BCUT2D eigenvalue weighted by molar-refractivity contribution is 7.92. The first-order chi connectivity index (χ1) is 12.1. The van der Waals surface area contributed by atoms with E-state index in [9.17, 15) is 8.42 Å². The van der Waals surface area contributed by atoms with Crippen molar-refractivity contribution in [2.45, 2.75) is 50.3 Å². The summed E-state index contributed by atoms with van der Waals surface area (Å²) in [6, 6.07) is 8.98. The Bertz CT molecular complexity index is 817. The standard InChI is InChI=1S/C19H25N3O2S/c1-2-3-12-20-19-11-9-17(14-21-19)22-25(23,24)18-10-8-15-6-4-5-7-16(15)13-18/h8-11,13-14,22H,2-7,12H2,1H3,(H,20,21). The Morgan fingerprint density at radius 2 is 1.88 bits per heavy atom. The number of unbranched alkanes of at least 4 members (excludes halogenated alkanes) is 1. The summed E-state index contributed by atoms with van der Waals surface area (Å²) in [5.41, 5.74) is 2.90. The second-order valence-corrected chi connectivity index (χ2v) is 8.14. The Hall–Kier alpha value is -2.08. The molecule has 1 aromatic carbocycles. The van der Waals surface area contributed by atoms with Gasteiger partial charge in [0.2, 0.25) is 0 Å². The van der Waals surface area contributed by atoms with Crippen LogP contribution >= 0.6 is 0 Å². The molecule has 2 aromatic rings. The molecule has 0 aliphatic heterocycles. The van der Waals surface area contributed by atoms with Crippen LogP contribution < -0.4 is 10.0 Å². The highest BCUT2D eigenvalue weighted by atomic mass is 32.2. The minimum Gasteiger partial charge on any atom is -0.370 e. The van der Waals surface area contributed by atoms with Crippen LogP contribution in [-0.2, 0) is 22.9 Å². The number of pyridine rings is 1. The molecular weight excluding hydrogens is 334 g/mol. The number of nitrogens with one attached hydrogen (secondary N) is 2. The summed E-state index contributed by atoms with van der Waals surface area (Å²) in [5.74, 6) is 0.755. The van der Waals surface area contributed by atoms with Gasteiger partial charge in [-0.15, -0.1) is 0 Å². The number of benzene rings is 1. The molecule has 5 nitrogen and oxygen atoms in total. The van der Waals surface area contributed by atoms with E-state index < -0.39 is 10.0 Å². The molecule has 0 amide bonds. The van der Waals surface area contributed by atoms with Gasteiger partial charge in [-0.3, -0.25) is 4.72 Å². The molecule has 3 rings (SSSR count). The summed E-state index contributed by atoms with van der Waals surface area (Å²) >= 11 is 0. The van der Waals surface area contributed by atoms with Crippen LogP contribution in [0.2, 0.25) is 0 Å². The highest BCUT2D eigenvalue weighted by Gasteiger charge is 2.18. The number of hydrogen-bond acceptors (Lipinski definition) is 4. The predicted molar refractivity (Wildman–Crippen MR) is 102 cm³/mol. The molecule has 1 heterocycles. The van der Waals surface area contributed by atoms with E-state index >= 15 is 0 Å². The van der Waals surface area contributed by atoms with Crippen molar-refractivity contribution in [3.8, 4) is 0 Å². The molecule has 0 unspecified atom stereocenters. The van der Waals surface area contributed by atoms with Gasteiger partial charge in [0.1, 0.15) is 5.82 Å². The van der Waals surface area contributed by atoms with Crippen LogP contribution in [-0.4, -0.2) is 19.9 Å². The summed E-state index contributed by atoms with van der Waals surface area (Å²) in [5, 5.41) is 3.21. The van der Waals surface area contributed by atoms with E-state index in [0.29, 0.717) is 10.6 Å². The Labute approximate surface area is 149 Å². The fraction of sp³-hybridized carbons (Fsp3) is 0.421. The summed E-state index contributed by atoms with van der Waals surface area (Å²) in [6.07, 6.45) is 8.05. The first kappa shape index (κ1) is 17.7. The van der Waals surface area contributed by atoms with Crippen molar-refractivity contribution < 1.29 is 8.42 Å². The van der Waals surface area contributed by atoms with Crippen molar-refractivity contribution >= 4 is 21.5 Å². The summed E-state index contributed by atoms with van der Waals surface area (Å²) in [7, 11) is -3.59. The van der Waals surface area contributed by atoms with Gasteiger partial charge in [-0.25, -0.2) is 13.4 Å². The second-order valence-electron chi connectivity index (χ2n) is 6.46. The van der Waals surface area contributed by atoms with Crippen LogP contribution in [0, 0.1) is 0 Å². The minimum absolute atomic E-state index is 0.318. The van der Waals surface area contributed by atoms with Crippen molar-refractivity contribution in [2.24, 2.45) is 0 Å². The number of anilines is 2. The Morgan fingerprint density at radius 1 is 1.08 bits per heavy atom. The van der Waals surface area contributed by atoms with E-state index in [0.717, 1.165) is 50.0 Å². The van der Waals surface area contributed by atoms with E-state index in [1.54, 1.807) is 24.4 Å². The molecule has 1 aliphatic rings. The van der Waals surface area contributed by atoms with Crippen LogP contribution in [0.15, 0.2) is 41.4 Å². The third kappa shape index (κ3) is 4.51. The molecule has 0 radical (unpaired) electrons. The molecule has 0 saturated carbocycles. The van der Waals surface area contributed by atoms with Crippen molar-refractivity contribution in [2.75, 3.05) is 16.6 Å². The van der Waals surface area contributed by atoms with Crippen molar-refractivity contribution in [1.82, 2.24) is 4.98 Å². The Balaban J connectivity index is 1.71. The zero-order chi connectivity index (χ0) is 17.7. The molecule has 0 fully saturated rings. The first-order valence-corrected chi connectivity index (χ1v) is 10.4. The molecule has 0 spiro atoms. The number of aryl methyl sites for hydroxylation is 2. The Kier molecular flexibility index (Phi) is 5.58. The third-order valence-electron chi connectivity index (χ3n) is 4.48. The lowest BCUT2D eigenvalue weighted by molar-refractivity contribution is 0.600. The smallest absolute Gasteiger partial charge is 0.261 e. The third-order valence-corrected chi connectivity index (χ3v) is 5.86. The van der Waals surface area contributed by atoms with Gasteiger partial charge in [-0.05, 0) is 67.5 Å². The average Bonchev–Trinajstić information content (AvgIpc) is 2.63. The molecule has 134 valence electrons. The molecule has 0 saturated heterocycles. The second kappa shape index (κ2) is 7.87. The van der Waals surface area contributed by atoms with E-state index in [1.807, 2.05) is 12.1 Å². The normalized spacial score (nSPS) is 14.0. The molecular formula is C19H25N3O2S. The molecule has 6 heteroatoms. The zero-order valence-electron chi connectivity index (χ0n) is 14.6. The maximum atomic E-state index is 12.6. The lowest BCUT2D eigenvalue weighted by Gasteiger charge is -2.17. The van der Waals surface area contributed by atoms with E-state index in [1.165, 1.54) is 12.0 Å². The number of rotatable bonds is 7. The largest absolute Gasteiger partial charge is 0.370 e. The molecule has 2 N–H and O–H groups in total. The van der Waals surface area contributed by atoms with Crippen molar-refractivity contribution in [3.05, 3.63) is 47.7 Å². The fourth-order valence-electron chi connectivity index (χ4n) is 3.04. The number of aromatic nitrogens is 1. The lowest BCUT2D eigenvalue weighted by atomic mass is 9.92.